The minimum atomic E-state index is -0.472. The second-order valence-corrected chi connectivity index (χ2v) is 6.42. The number of amides is 1. The van der Waals surface area contributed by atoms with Crippen LogP contribution in [0.2, 0.25) is 0 Å². The first kappa shape index (κ1) is 17.7. The highest BCUT2D eigenvalue weighted by Gasteiger charge is 2.15. The fourth-order valence-electron chi connectivity index (χ4n) is 3.28. The first-order valence-electron chi connectivity index (χ1n) is 9.11. The Morgan fingerprint density at radius 3 is 2.86 bits per heavy atom. The molecule has 0 bridgehead atoms. The molecule has 3 aromatic rings. The van der Waals surface area contributed by atoms with E-state index in [1.807, 2.05) is 24.4 Å². The first-order chi connectivity index (χ1) is 13.7. The summed E-state index contributed by atoms with van der Waals surface area (Å²) >= 11 is 0. The number of anilines is 1. The average molecular weight is 373 g/mol. The van der Waals surface area contributed by atoms with Gasteiger partial charge in [-0.15, -0.1) is 0 Å². The average Bonchev–Trinajstić information content (AvgIpc) is 3.14. The maximum absolute atomic E-state index is 12.6. The second-order valence-electron chi connectivity index (χ2n) is 6.42. The Morgan fingerprint density at radius 2 is 2.07 bits per heavy atom. The van der Waals surface area contributed by atoms with Gasteiger partial charge in [0.1, 0.15) is 24.9 Å². The molecular formula is C22H19N3O3. The summed E-state index contributed by atoms with van der Waals surface area (Å²) in [5.41, 5.74) is 3.59. The molecule has 0 atom stereocenters. The van der Waals surface area contributed by atoms with E-state index < -0.39 is 5.91 Å². The van der Waals surface area contributed by atoms with Gasteiger partial charge in [0.15, 0.2) is 11.5 Å². The van der Waals surface area contributed by atoms with Crippen LogP contribution in [-0.2, 0) is 11.2 Å². The molecule has 1 aliphatic rings. The van der Waals surface area contributed by atoms with Crippen LogP contribution in [0.15, 0.2) is 48.2 Å². The molecule has 2 aromatic carbocycles. The number of hydrogen-bond acceptors (Lipinski definition) is 4. The highest BCUT2D eigenvalue weighted by molar-refractivity contribution is 6.11. The molecule has 0 saturated heterocycles. The van der Waals surface area contributed by atoms with Crippen LogP contribution in [0.3, 0.4) is 0 Å². The maximum Gasteiger partial charge on any atom is 0.266 e. The first-order valence-corrected chi connectivity index (χ1v) is 9.11. The summed E-state index contributed by atoms with van der Waals surface area (Å²) in [4.78, 5) is 15.9. The molecule has 1 aromatic heterocycles. The minimum absolute atomic E-state index is 0.0256. The standard InChI is InChI=1S/C22H19N3O3/c1-2-14-4-3-5-18-16(13-24-21(14)18)10-15(12-23)22(26)25-17-6-7-19-20(11-17)28-9-8-27-19/h3-7,10-11,13,24H,2,8-9H2,1H3,(H,25,26)/b15-10+. The lowest BCUT2D eigenvalue weighted by molar-refractivity contribution is -0.112. The van der Waals surface area contributed by atoms with Crippen LogP contribution < -0.4 is 14.8 Å². The predicted octanol–water partition coefficient (Wildman–Crippen LogP) is 4.05. The Kier molecular flexibility index (Phi) is 4.73. The molecule has 2 N–H and O–H groups in total. The number of carbonyl (C=O) groups excluding carboxylic acids is 1. The highest BCUT2D eigenvalue weighted by Crippen LogP contribution is 2.32. The lowest BCUT2D eigenvalue weighted by Crippen LogP contribution is -2.17. The van der Waals surface area contributed by atoms with Crippen molar-refractivity contribution < 1.29 is 14.3 Å². The number of fused-ring (bicyclic) bond motifs is 2. The Morgan fingerprint density at radius 1 is 1.25 bits per heavy atom. The van der Waals surface area contributed by atoms with E-state index in [0.29, 0.717) is 30.4 Å². The number of H-pyrrole nitrogens is 1. The molecule has 0 unspecified atom stereocenters. The van der Waals surface area contributed by atoms with Crippen LogP contribution in [0, 0.1) is 11.3 Å². The van der Waals surface area contributed by atoms with Crippen molar-refractivity contribution in [3.63, 3.8) is 0 Å². The normalized spacial score (nSPS) is 13.2. The molecule has 0 saturated carbocycles. The fraction of sp³-hybridized carbons (Fsp3) is 0.182. The number of rotatable bonds is 4. The van der Waals surface area contributed by atoms with Crippen LogP contribution in [-0.4, -0.2) is 24.1 Å². The Bertz CT molecular complexity index is 1120. The third-order valence-electron chi connectivity index (χ3n) is 4.68. The molecule has 0 radical (unpaired) electrons. The summed E-state index contributed by atoms with van der Waals surface area (Å²) in [5.74, 6) is 0.751. The van der Waals surface area contributed by atoms with Crippen molar-refractivity contribution in [2.75, 3.05) is 18.5 Å². The molecule has 6 nitrogen and oxygen atoms in total. The van der Waals surface area contributed by atoms with Gasteiger partial charge < -0.3 is 19.8 Å². The van der Waals surface area contributed by atoms with Gasteiger partial charge in [-0.1, -0.05) is 25.1 Å². The molecule has 6 heteroatoms. The monoisotopic (exact) mass is 373 g/mol. The van der Waals surface area contributed by atoms with Crippen molar-refractivity contribution >= 4 is 28.6 Å². The number of aromatic nitrogens is 1. The van der Waals surface area contributed by atoms with Crippen molar-refractivity contribution in [1.29, 1.82) is 5.26 Å². The number of para-hydroxylation sites is 1. The SMILES string of the molecule is CCc1cccc2c(/C=C(\C#N)C(=O)Nc3ccc4c(c3)OCCO4)c[nH]c12. The van der Waals surface area contributed by atoms with Crippen molar-refractivity contribution in [1.82, 2.24) is 4.98 Å². The summed E-state index contributed by atoms with van der Waals surface area (Å²) in [6.45, 7) is 3.06. The zero-order valence-electron chi connectivity index (χ0n) is 15.4. The number of aryl methyl sites for hydroxylation is 1. The van der Waals surface area contributed by atoms with Crippen molar-refractivity contribution in [2.45, 2.75) is 13.3 Å². The lowest BCUT2D eigenvalue weighted by atomic mass is 10.1. The number of benzene rings is 2. The number of nitrogens with one attached hydrogen (secondary N) is 2. The summed E-state index contributed by atoms with van der Waals surface area (Å²) in [6, 6.07) is 13.2. The second kappa shape index (κ2) is 7.49. The summed E-state index contributed by atoms with van der Waals surface area (Å²) in [6.07, 6.45) is 4.32. The molecule has 2 heterocycles. The van der Waals surface area contributed by atoms with Crippen LogP contribution in [0.1, 0.15) is 18.1 Å². The van der Waals surface area contributed by atoms with Crippen LogP contribution in [0.25, 0.3) is 17.0 Å². The predicted molar refractivity (Wildman–Crippen MR) is 107 cm³/mol. The van der Waals surface area contributed by atoms with Gasteiger partial charge in [-0.3, -0.25) is 4.79 Å². The topological polar surface area (TPSA) is 87.1 Å². The Balaban J connectivity index is 1.60. The van der Waals surface area contributed by atoms with Gasteiger partial charge in [0.05, 0.1) is 0 Å². The van der Waals surface area contributed by atoms with Gasteiger partial charge in [0.25, 0.3) is 5.91 Å². The number of aromatic amines is 1. The number of nitriles is 1. The number of carbonyl (C=O) groups is 1. The molecule has 0 fully saturated rings. The third kappa shape index (κ3) is 3.30. The fourth-order valence-corrected chi connectivity index (χ4v) is 3.28. The molecule has 28 heavy (non-hydrogen) atoms. The van der Waals surface area contributed by atoms with E-state index in [9.17, 15) is 10.1 Å². The highest BCUT2D eigenvalue weighted by atomic mass is 16.6. The van der Waals surface area contributed by atoms with E-state index in [4.69, 9.17) is 9.47 Å². The van der Waals surface area contributed by atoms with Gasteiger partial charge in [0.2, 0.25) is 0 Å². The minimum Gasteiger partial charge on any atom is -0.486 e. The van der Waals surface area contributed by atoms with Crippen LogP contribution >= 0.6 is 0 Å². The maximum atomic E-state index is 12.6. The molecule has 1 aliphatic heterocycles. The molecular weight excluding hydrogens is 354 g/mol. The quantitative estimate of drug-likeness (QED) is 0.534. The summed E-state index contributed by atoms with van der Waals surface area (Å²) < 4.78 is 11.0. The van der Waals surface area contributed by atoms with E-state index in [-0.39, 0.29) is 5.57 Å². The van der Waals surface area contributed by atoms with Crippen molar-refractivity contribution in [3.8, 4) is 17.6 Å². The van der Waals surface area contributed by atoms with Crippen molar-refractivity contribution in [2.24, 2.45) is 0 Å². The van der Waals surface area contributed by atoms with Gasteiger partial charge in [-0.05, 0) is 30.2 Å². The Hall–Kier alpha value is -3.72. The van der Waals surface area contributed by atoms with E-state index in [2.05, 4.69) is 23.3 Å². The molecule has 4 rings (SSSR count). The summed E-state index contributed by atoms with van der Waals surface area (Å²) in [5, 5.41) is 13.2. The van der Waals surface area contributed by atoms with Gasteiger partial charge in [-0.2, -0.15) is 5.26 Å². The zero-order valence-corrected chi connectivity index (χ0v) is 15.4. The number of hydrogen-bond donors (Lipinski definition) is 2. The zero-order chi connectivity index (χ0) is 19.5. The largest absolute Gasteiger partial charge is 0.486 e. The molecule has 140 valence electrons. The van der Waals surface area contributed by atoms with Crippen LogP contribution in [0.5, 0.6) is 11.5 Å². The van der Waals surface area contributed by atoms with E-state index in [1.54, 1.807) is 24.3 Å². The van der Waals surface area contributed by atoms with Gasteiger partial charge >= 0.3 is 0 Å². The molecule has 0 aliphatic carbocycles. The third-order valence-corrected chi connectivity index (χ3v) is 4.68. The van der Waals surface area contributed by atoms with E-state index >= 15 is 0 Å². The Labute approximate surface area is 162 Å². The number of ether oxygens (including phenoxy) is 2. The molecule has 0 spiro atoms. The van der Waals surface area contributed by atoms with Gasteiger partial charge in [0, 0.05) is 34.4 Å². The van der Waals surface area contributed by atoms with Gasteiger partial charge in [-0.25, -0.2) is 0 Å². The van der Waals surface area contributed by atoms with E-state index in [1.165, 1.54) is 5.56 Å². The number of nitrogens with zero attached hydrogens (tertiary/aromatic N) is 1. The lowest BCUT2D eigenvalue weighted by Gasteiger charge is -2.18. The van der Waals surface area contributed by atoms with E-state index in [0.717, 1.165) is 22.9 Å². The molecule has 1 amide bonds. The van der Waals surface area contributed by atoms with Crippen molar-refractivity contribution in [3.05, 3.63) is 59.3 Å². The van der Waals surface area contributed by atoms with Crippen LogP contribution in [0.4, 0.5) is 5.69 Å². The smallest absolute Gasteiger partial charge is 0.266 e. The summed E-state index contributed by atoms with van der Waals surface area (Å²) in [7, 11) is 0.